The van der Waals surface area contributed by atoms with Crippen molar-refractivity contribution in [3.63, 3.8) is 0 Å². The summed E-state index contributed by atoms with van der Waals surface area (Å²) in [4.78, 5) is 10.7. The standard InChI is InChI=1S/C13H14FNO3.CH4O/c1-8-9(4-6-16)12-10(15(8)5-7-17)2-3-11(18)13(12)14;1-2/h2-3,6,17-18H,4-5,7H2,1H3;2H,1H3. The lowest BCUT2D eigenvalue weighted by Crippen LogP contribution is -2.04. The van der Waals surface area contributed by atoms with Crippen molar-refractivity contribution in [3.8, 4) is 5.75 Å². The minimum absolute atomic E-state index is 0.0757. The summed E-state index contributed by atoms with van der Waals surface area (Å²) in [5, 5.41) is 25.7. The molecule has 1 aromatic carbocycles. The zero-order chi connectivity index (χ0) is 15.3. The number of aliphatic hydroxyl groups excluding tert-OH is 2. The van der Waals surface area contributed by atoms with Gasteiger partial charge in [0.05, 0.1) is 12.1 Å². The number of aliphatic hydroxyl groups is 2. The van der Waals surface area contributed by atoms with Gasteiger partial charge < -0.3 is 24.7 Å². The van der Waals surface area contributed by atoms with E-state index in [9.17, 15) is 14.3 Å². The molecule has 2 rings (SSSR count). The lowest BCUT2D eigenvalue weighted by Gasteiger charge is -2.05. The largest absolute Gasteiger partial charge is 0.505 e. The Bertz CT molecular complexity index is 607. The molecule has 6 heteroatoms. The molecule has 110 valence electrons. The molecule has 5 nitrogen and oxygen atoms in total. The van der Waals surface area contributed by atoms with Crippen LogP contribution in [0.25, 0.3) is 10.9 Å². The SMILES string of the molecule is CO.Cc1c(CC=O)c2c(F)c(O)ccc2n1CCO. The van der Waals surface area contributed by atoms with Gasteiger partial charge >= 0.3 is 0 Å². The topological polar surface area (TPSA) is 82.7 Å². The van der Waals surface area contributed by atoms with Gasteiger partial charge in [-0.25, -0.2) is 4.39 Å². The number of phenols is 1. The Morgan fingerprint density at radius 1 is 1.35 bits per heavy atom. The van der Waals surface area contributed by atoms with Crippen molar-refractivity contribution in [1.82, 2.24) is 4.57 Å². The van der Waals surface area contributed by atoms with E-state index in [1.807, 2.05) is 0 Å². The van der Waals surface area contributed by atoms with Crippen LogP contribution in [0.3, 0.4) is 0 Å². The van der Waals surface area contributed by atoms with E-state index in [2.05, 4.69) is 0 Å². The van der Waals surface area contributed by atoms with E-state index in [1.54, 1.807) is 17.6 Å². The number of aldehydes is 1. The first-order valence-corrected chi connectivity index (χ1v) is 6.10. The van der Waals surface area contributed by atoms with Crippen LogP contribution in [0.4, 0.5) is 4.39 Å². The number of halogens is 1. The van der Waals surface area contributed by atoms with Crippen molar-refractivity contribution in [2.75, 3.05) is 13.7 Å². The number of carbonyl (C=O) groups is 1. The lowest BCUT2D eigenvalue weighted by atomic mass is 10.1. The lowest BCUT2D eigenvalue weighted by molar-refractivity contribution is -0.107. The van der Waals surface area contributed by atoms with E-state index in [0.717, 1.165) is 12.8 Å². The summed E-state index contributed by atoms with van der Waals surface area (Å²) in [5.74, 6) is -1.15. The second-order valence-electron chi connectivity index (χ2n) is 4.10. The van der Waals surface area contributed by atoms with Crippen LogP contribution in [-0.4, -0.2) is 39.9 Å². The first kappa shape index (κ1) is 16.1. The average molecular weight is 283 g/mol. The molecule has 0 amide bonds. The molecule has 0 aliphatic heterocycles. The molecule has 0 saturated carbocycles. The van der Waals surface area contributed by atoms with Crippen LogP contribution in [0.5, 0.6) is 5.75 Å². The molecule has 0 aliphatic rings. The van der Waals surface area contributed by atoms with Gasteiger partial charge in [-0.15, -0.1) is 0 Å². The van der Waals surface area contributed by atoms with Crippen molar-refractivity contribution < 1.29 is 24.5 Å². The number of hydrogen-bond donors (Lipinski definition) is 3. The van der Waals surface area contributed by atoms with Gasteiger partial charge in [-0.2, -0.15) is 0 Å². The van der Waals surface area contributed by atoms with Gasteiger partial charge in [-0.1, -0.05) is 0 Å². The Kier molecular flexibility index (Phi) is 5.66. The summed E-state index contributed by atoms with van der Waals surface area (Å²) >= 11 is 0. The molecule has 0 atom stereocenters. The Balaban J connectivity index is 0.000000956. The summed E-state index contributed by atoms with van der Waals surface area (Å²) in [6.45, 7) is 2.02. The number of phenolic OH excluding ortho intramolecular Hbond substituents is 1. The highest BCUT2D eigenvalue weighted by Crippen LogP contribution is 2.32. The first-order valence-electron chi connectivity index (χ1n) is 6.10. The number of nitrogens with zero attached hydrogens (tertiary/aromatic N) is 1. The van der Waals surface area contributed by atoms with Crippen LogP contribution < -0.4 is 0 Å². The van der Waals surface area contributed by atoms with Crippen molar-refractivity contribution in [2.45, 2.75) is 19.9 Å². The molecule has 20 heavy (non-hydrogen) atoms. The number of carbonyl (C=O) groups excluding carboxylic acids is 1. The van der Waals surface area contributed by atoms with E-state index in [1.165, 1.54) is 6.07 Å². The van der Waals surface area contributed by atoms with E-state index in [0.29, 0.717) is 23.9 Å². The molecular formula is C14H18FNO4. The van der Waals surface area contributed by atoms with Gasteiger partial charge in [0.2, 0.25) is 0 Å². The number of hydrogen-bond acceptors (Lipinski definition) is 4. The van der Waals surface area contributed by atoms with Gasteiger partial charge in [0, 0.05) is 31.2 Å². The second-order valence-corrected chi connectivity index (χ2v) is 4.10. The first-order chi connectivity index (χ1) is 9.61. The maximum Gasteiger partial charge on any atom is 0.174 e. The van der Waals surface area contributed by atoms with Gasteiger partial charge in [-0.05, 0) is 24.6 Å². The van der Waals surface area contributed by atoms with E-state index < -0.39 is 11.6 Å². The zero-order valence-electron chi connectivity index (χ0n) is 11.4. The van der Waals surface area contributed by atoms with Crippen LogP contribution in [0.2, 0.25) is 0 Å². The fourth-order valence-electron chi connectivity index (χ4n) is 2.31. The zero-order valence-corrected chi connectivity index (χ0v) is 11.4. The molecule has 0 radical (unpaired) electrons. The quantitative estimate of drug-likeness (QED) is 0.735. The highest BCUT2D eigenvalue weighted by Gasteiger charge is 2.18. The van der Waals surface area contributed by atoms with Crippen molar-refractivity contribution in [2.24, 2.45) is 0 Å². The van der Waals surface area contributed by atoms with Crippen LogP contribution in [-0.2, 0) is 17.8 Å². The fraction of sp³-hybridized carbons (Fsp3) is 0.357. The maximum atomic E-state index is 14.0. The normalized spacial score (nSPS) is 10.2. The molecule has 1 aromatic heterocycles. The van der Waals surface area contributed by atoms with Gasteiger partial charge in [0.25, 0.3) is 0 Å². The number of aromatic nitrogens is 1. The summed E-state index contributed by atoms with van der Waals surface area (Å²) in [6.07, 6.45) is 0.787. The molecule has 0 aliphatic carbocycles. The molecule has 0 bridgehead atoms. The van der Waals surface area contributed by atoms with Gasteiger partial charge in [0.15, 0.2) is 11.6 Å². The van der Waals surface area contributed by atoms with Crippen LogP contribution in [0, 0.1) is 12.7 Å². The molecule has 0 fully saturated rings. The molecular weight excluding hydrogens is 265 g/mol. The Hall–Kier alpha value is -1.92. The maximum absolute atomic E-state index is 14.0. The van der Waals surface area contributed by atoms with Crippen LogP contribution in [0.1, 0.15) is 11.3 Å². The smallest absolute Gasteiger partial charge is 0.174 e. The minimum Gasteiger partial charge on any atom is -0.505 e. The van der Waals surface area contributed by atoms with Crippen LogP contribution >= 0.6 is 0 Å². The monoisotopic (exact) mass is 283 g/mol. The third-order valence-corrected chi connectivity index (χ3v) is 3.14. The van der Waals surface area contributed by atoms with Crippen molar-refractivity contribution >= 4 is 17.2 Å². The van der Waals surface area contributed by atoms with E-state index >= 15 is 0 Å². The van der Waals surface area contributed by atoms with Crippen molar-refractivity contribution in [1.29, 1.82) is 0 Å². The molecule has 0 spiro atoms. The number of rotatable bonds is 4. The third kappa shape index (κ3) is 2.66. The number of benzene rings is 1. The van der Waals surface area contributed by atoms with E-state index in [-0.39, 0.29) is 18.4 Å². The van der Waals surface area contributed by atoms with Crippen molar-refractivity contribution in [3.05, 3.63) is 29.2 Å². The average Bonchev–Trinajstić information content (AvgIpc) is 2.72. The predicted octanol–water partition coefficient (Wildman–Crippen LogP) is 1.14. The number of fused-ring (bicyclic) bond motifs is 1. The third-order valence-electron chi connectivity index (χ3n) is 3.14. The Labute approximate surface area is 115 Å². The van der Waals surface area contributed by atoms with Gasteiger partial charge in [-0.3, -0.25) is 0 Å². The molecule has 2 aromatic rings. The molecule has 0 unspecified atom stereocenters. The molecule has 0 saturated heterocycles. The molecule has 1 heterocycles. The summed E-state index contributed by atoms with van der Waals surface area (Å²) in [6, 6.07) is 2.86. The van der Waals surface area contributed by atoms with Crippen LogP contribution in [0.15, 0.2) is 12.1 Å². The minimum atomic E-state index is -0.718. The Morgan fingerprint density at radius 2 is 2.00 bits per heavy atom. The fourth-order valence-corrected chi connectivity index (χ4v) is 2.31. The highest BCUT2D eigenvalue weighted by atomic mass is 19.1. The van der Waals surface area contributed by atoms with E-state index in [4.69, 9.17) is 10.2 Å². The predicted molar refractivity (Wildman–Crippen MR) is 73.3 cm³/mol. The number of aromatic hydroxyl groups is 1. The summed E-state index contributed by atoms with van der Waals surface area (Å²) in [5.41, 5.74) is 1.87. The van der Waals surface area contributed by atoms with Gasteiger partial charge in [0.1, 0.15) is 6.29 Å². The second kappa shape index (κ2) is 7.02. The molecule has 3 N–H and O–H groups in total. The Morgan fingerprint density at radius 3 is 2.55 bits per heavy atom. The summed E-state index contributed by atoms with van der Waals surface area (Å²) < 4.78 is 15.7. The highest BCUT2D eigenvalue weighted by molar-refractivity contribution is 5.89. The summed E-state index contributed by atoms with van der Waals surface area (Å²) in [7, 11) is 1.00.